The molecule has 4 heteroatoms. The van der Waals surface area contributed by atoms with Gasteiger partial charge in [0.05, 0.1) is 0 Å². The lowest BCUT2D eigenvalue weighted by Gasteiger charge is -2.33. The number of amides is 1. The Morgan fingerprint density at radius 1 is 1.33 bits per heavy atom. The standard InChI is InChI=1S/C11H17N3O/c12-10-13-9(15)11(14-10)5-1-2-8(6-11)7-3-4-7/h7-8H,1-6H2,(H3,12,13,14,15). The number of nitrogens with two attached hydrogens (primary N) is 1. The molecule has 0 radical (unpaired) electrons. The van der Waals surface area contributed by atoms with Crippen LogP contribution in [-0.2, 0) is 4.79 Å². The molecule has 0 bridgehead atoms. The van der Waals surface area contributed by atoms with Crippen LogP contribution in [0.3, 0.4) is 0 Å². The normalized spacial score (nSPS) is 40.4. The summed E-state index contributed by atoms with van der Waals surface area (Å²) in [6.45, 7) is 0. The number of hydrogen-bond acceptors (Lipinski definition) is 3. The molecule has 82 valence electrons. The lowest BCUT2D eigenvalue weighted by Crippen LogP contribution is -2.44. The molecule has 0 aromatic carbocycles. The van der Waals surface area contributed by atoms with Crippen molar-refractivity contribution in [3.8, 4) is 0 Å². The Kier molecular flexibility index (Phi) is 1.82. The zero-order valence-corrected chi connectivity index (χ0v) is 8.83. The van der Waals surface area contributed by atoms with E-state index >= 15 is 0 Å². The predicted molar refractivity (Wildman–Crippen MR) is 57.2 cm³/mol. The zero-order chi connectivity index (χ0) is 10.5. The van der Waals surface area contributed by atoms with Crippen molar-refractivity contribution in [3.05, 3.63) is 0 Å². The molecule has 0 saturated heterocycles. The Bertz CT molecular complexity index is 335. The quantitative estimate of drug-likeness (QED) is 0.667. The number of guanidine groups is 1. The maximum Gasteiger partial charge on any atom is 0.254 e. The maximum atomic E-state index is 11.8. The number of aliphatic imine (C=N–C) groups is 1. The number of nitrogens with zero attached hydrogens (tertiary/aromatic N) is 1. The van der Waals surface area contributed by atoms with Gasteiger partial charge in [0, 0.05) is 0 Å². The molecule has 0 aromatic heterocycles. The van der Waals surface area contributed by atoms with E-state index in [0.29, 0.717) is 11.9 Å². The first-order valence-electron chi connectivity index (χ1n) is 5.86. The molecule has 2 atom stereocenters. The molecule has 3 rings (SSSR count). The fraction of sp³-hybridized carbons (Fsp3) is 0.818. The first kappa shape index (κ1) is 9.19. The Morgan fingerprint density at radius 2 is 2.13 bits per heavy atom. The maximum absolute atomic E-state index is 11.8. The van der Waals surface area contributed by atoms with E-state index in [1.807, 2.05) is 0 Å². The molecule has 0 aromatic rings. The Hall–Kier alpha value is -1.06. The van der Waals surface area contributed by atoms with Gasteiger partial charge in [-0.05, 0) is 43.9 Å². The third kappa shape index (κ3) is 1.43. The van der Waals surface area contributed by atoms with Crippen LogP contribution in [-0.4, -0.2) is 17.4 Å². The lowest BCUT2D eigenvalue weighted by atomic mass is 9.74. The fourth-order valence-corrected chi connectivity index (χ4v) is 3.11. The van der Waals surface area contributed by atoms with Crippen molar-refractivity contribution < 1.29 is 4.79 Å². The molecule has 2 saturated carbocycles. The second-order valence-corrected chi connectivity index (χ2v) is 5.18. The molecule has 3 N–H and O–H groups in total. The third-order valence-corrected chi connectivity index (χ3v) is 4.05. The SMILES string of the molecule is NC1=NC2(CCCC(C3CC3)C2)C(=O)N1. The Labute approximate surface area is 89.3 Å². The van der Waals surface area contributed by atoms with E-state index in [2.05, 4.69) is 10.3 Å². The van der Waals surface area contributed by atoms with Gasteiger partial charge in [-0.1, -0.05) is 6.42 Å². The fourth-order valence-electron chi connectivity index (χ4n) is 3.11. The van der Waals surface area contributed by atoms with Crippen molar-refractivity contribution in [2.75, 3.05) is 0 Å². The van der Waals surface area contributed by atoms with Crippen molar-refractivity contribution in [1.29, 1.82) is 0 Å². The van der Waals surface area contributed by atoms with Crippen molar-refractivity contribution in [1.82, 2.24) is 5.32 Å². The van der Waals surface area contributed by atoms with E-state index in [4.69, 9.17) is 5.73 Å². The van der Waals surface area contributed by atoms with E-state index in [0.717, 1.165) is 25.2 Å². The topological polar surface area (TPSA) is 67.5 Å². The largest absolute Gasteiger partial charge is 0.370 e. The van der Waals surface area contributed by atoms with Crippen LogP contribution in [0.1, 0.15) is 38.5 Å². The van der Waals surface area contributed by atoms with Crippen LogP contribution in [0.5, 0.6) is 0 Å². The van der Waals surface area contributed by atoms with Crippen molar-refractivity contribution in [3.63, 3.8) is 0 Å². The molecule has 2 aliphatic carbocycles. The highest BCUT2D eigenvalue weighted by Gasteiger charge is 2.49. The van der Waals surface area contributed by atoms with Crippen LogP contribution in [0.4, 0.5) is 0 Å². The van der Waals surface area contributed by atoms with Crippen LogP contribution in [0.2, 0.25) is 0 Å². The van der Waals surface area contributed by atoms with Crippen LogP contribution in [0.15, 0.2) is 4.99 Å². The minimum Gasteiger partial charge on any atom is -0.370 e. The van der Waals surface area contributed by atoms with Gasteiger partial charge in [0.15, 0.2) is 5.96 Å². The lowest BCUT2D eigenvalue weighted by molar-refractivity contribution is -0.125. The molecule has 2 unspecified atom stereocenters. The Morgan fingerprint density at radius 3 is 2.73 bits per heavy atom. The highest BCUT2D eigenvalue weighted by atomic mass is 16.2. The van der Waals surface area contributed by atoms with Gasteiger partial charge in [0.25, 0.3) is 5.91 Å². The second-order valence-electron chi connectivity index (χ2n) is 5.18. The first-order valence-corrected chi connectivity index (χ1v) is 5.86. The summed E-state index contributed by atoms with van der Waals surface area (Å²) in [4.78, 5) is 16.2. The molecule has 4 nitrogen and oxygen atoms in total. The van der Waals surface area contributed by atoms with Crippen LogP contribution >= 0.6 is 0 Å². The number of hydrogen-bond donors (Lipinski definition) is 2. The minimum absolute atomic E-state index is 0.0327. The number of carbonyl (C=O) groups is 1. The van der Waals surface area contributed by atoms with Gasteiger partial charge in [-0.15, -0.1) is 0 Å². The molecule has 1 aliphatic heterocycles. The van der Waals surface area contributed by atoms with Crippen LogP contribution in [0.25, 0.3) is 0 Å². The van der Waals surface area contributed by atoms with Gasteiger partial charge in [-0.3, -0.25) is 10.1 Å². The number of rotatable bonds is 1. The van der Waals surface area contributed by atoms with Gasteiger partial charge in [0.1, 0.15) is 5.54 Å². The predicted octanol–water partition coefficient (Wildman–Crippen LogP) is 0.770. The summed E-state index contributed by atoms with van der Waals surface area (Å²) < 4.78 is 0. The van der Waals surface area contributed by atoms with Gasteiger partial charge >= 0.3 is 0 Å². The average Bonchev–Trinajstić information content (AvgIpc) is 2.97. The van der Waals surface area contributed by atoms with E-state index in [1.165, 1.54) is 19.3 Å². The molecule has 1 amide bonds. The minimum atomic E-state index is -0.490. The number of nitrogens with one attached hydrogen (secondary N) is 1. The monoisotopic (exact) mass is 207 g/mol. The summed E-state index contributed by atoms with van der Waals surface area (Å²) in [7, 11) is 0. The highest BCUT2D eigenvalue weighted by molar-refractivity contribution is 6.06. The molecule has 3 aliphatic rings. The molecule has 15 heavy (non-hydrogen) atoms. The van der Waals surface area contributed by atoms with Crippen molar-refractivity contribution >= 4 is 11.9 Å². The van der Waals surface area contributed by atoms with Gasteiger partial charge < -0.3 is 5.73 Å². The van der Waals surface area contributed by atoms with E-state index < -0.39 is 5.54 Å². The summed E-state index contributed by atoms with van der Waals surface area (Å²) in [5.41, 5.74) is 5.10. The van der Waals surface area contributed by atoms with Crippen LogP contribution in [0, 0.1) is 11.8 Å². The molecule has 2 fully saturated rings. The van der Waals surface area contributed by atoms with Crippen molar-refractivity contribution in [2.45, 2.75) is 44.1 Å². The highest BCUT2D eigenvalue weighted by Crippen LogP contribution is 2.48. The summed E-state index contributed by atoms with van der Waals surface area (Å²) in [5.74, 6) is 1.92. The zero-order valence-electron chi connectivity index (χ0n) is 8.83. The molecular formula is C11H17N3O. The molecular weight excluding hydrogens is 190 g/mol. The van der Waals surface area contributed by atoms with E-state index in [1.54, 1.807) is 0 Å². The average molecular weight is 207 g/mol. The summed E-state index contributed by atoms with van der Waals surface area (Å²) in [6.07, 6.45) is 6.89. The summed E-state index contributed by atoms with van der Waals surface area (Å²) in [6, 6.07) is 0. The molecule has 1 heterocycles. The van der Waals surface area contributed by atoms with Crippen LogP contribution < -0.4 is 11.1 Å². The van der Waals surface area contributed by atoms with Crippen molar-refractivity contribution in [2.24, 2.45) is 22.6 Å². The van der Waals surface area contributed by atoms with Gasteiger partial charge in [-0.2, -0.15) is 0 Å². The third-order valence-electron chi connectivity index (χ3n) is 4.05. The summed E-state index contributed by atoms with van der Waals surface area (Å²) in [5, 5.41) is 2.65. The van der Waals surface area contributed by atoms with E-state index in [9.17, 15) is 4.79 Å². The molecule has 1 spiro atoms. The summed E-state index contributed by atoms with van der Waals surface area (Å²) >= 11 is 0. The van der Waals surface area contributed by atoms with Gasteiger partial charge in [0.2, 0.25) is 0 Å². The van der Waals surface area contributed by atoms with E-state index in [-0.39, 0.29) is 5.91 Å². The second kappa shape index (κ2) is 2.97. The number of carbonyl (C=O) groups excluding carboxylic acids is 1. The smallest absolute Gasteiger partial charge is 0.254 e. The Balaban J connectivity index is 1.82. The van der Waals surface area contributed by atoms with Gasteiger partial charge in [-0.25, -0.2) is 4.99 Å². The first-order chi connectivity index (χ1) is 7.20.